The molecule has 0 spiro atoms. The molecule has 4 rings (SSSR count). The average Bonchev–Trinajstić information content (AvgIpc) is 2.85. The van der Waals surface area contributed by atoms with Crippen LogP contribution in [-0.2, 0) is 6.42 Å². The second kappa shape index (κ2) is 10.5. The van der Waals surface area contributed by atoms with Gasteiger partial charge in [-0.15, -0.1) is 0 Å². The van der Waals surface area contributed by atoms with Crippen molar-refractivity contribution in [2.75, 3.05) is 67.8 Å². The standard InChI is InChI=1S/C24H29ClN6O2/c1-32-20-7-6-17(14-21(20)33-2)8-9-27-23-22(26)24(29-16-28-23)31-12-10-30(11-13-31)19-5-3-4-18(25)15-19/h3-7,14-16H,8-13,26H2,1-2H3,(H,27,28,29). The number of piperazine rings is 1. The Morgan fingerprint density at radius 2 is 1.73 bits per heavy atom. The van der Waals surface area contributed by atoms with Crippen molar-refractivity contribution in [1.29, 1.82) is 0 Å². The van der Waals surface area contributed by atoms with Crippen molar-refractivity contribution in [3.05, 3.63) is 59.4 Å². The van der Waals surface area contributed by atoms with E-state index in [9.17, 15) is 0 Å². The SMILES string of the molecule is COc1ccc(CCNc2ncnc(N3CCN(c4cccc(Cl)c4)CC3)c2N)cc1OC. The fourth-order valence-corrected chi connectivity index (χ4v) is 4.17. The highest BCUT2D eigenvalue weighted by atomic mass is 35.5. The summed E-state index contributed by atoms with van der Waals surface area (Å²) in [6, 6.07) is 13.9. The van der Waals surface area contributed by atoms with Crippen molar-refractivity contribution >= 4 is 34.6 Å². The van der Waals surface area contributed by atoms with Gasteiger partial charge in [-0.05, 0) is 42.3 Å². The molecular formula is C24H29ClN6O2. The zero-order chi connectivity index (χ0) is 23.2. The van der Waals surface area contributed by atoms with Gasteiger partial charge in [0.05, 0.1) is 14.2 Å². The fraction of sp³-hybridized carbons (Fsp3) is 0.333. The van der Waals surface area contributed by atoms with Gasteiger partial charge in [0, 0.05) is 43.4 Å². The quantitative estimate of drug-likeness (QED) is 0.517. The highest BCUT2D eigenvalue weighted by Crippen LogP contribution is 2.30. The summed E-state index contributed by atoms with van der Waals surface area (Å²) in [5, 5.41) is 4.10. The van der Waals surface area contributed by atoms with Crippen LogP contribution in [0.15, 0.2) is 48.8 Å². The van der Waals surface area contributed by atoms with Crippen LogP contribution in [0.1, 0.15) is 5.56 Å². The molecule has 1 aliphatic heterocycles. The number of halogens is 1. The zero-order valence-corrected chi connectivity index (χ0v) is 19.7. The number of benzene rings is 2. The molecule has 0 bridgehead atoms. The molecule has 9 heteroatoms. The zero-order valence-electron chi connectivity index (χ0n) is 18.9. The Morgan fingerprint density at radius 1 is 0.970 bits per heavy atom. The molecule has 33 heavy (non-hydrogen) atoms. The molecule has 0 amide bonds. The Hall–Kier alpha value is -3.39. The summed E-state index contributed by atoms with van der Waals surface area (Å²) in [7, 11) is 3.27. The van der Waals surface area contributed by atoms with Crippen molar-refractivity contribution in [3.8, 4) is 11.5 Å². The summed E-state index contributed by atoms with van der Waals surface area (Å²) in [4.78, 5) is 13.3. The molecule has 1 saturated heterocycles. The highest BCUT2D eigenvalue weighted by molar-refractivity contribution is 6.30. The Kier molecular flexibility index (Phi) is 7.24. The number of rotatable bonds is 8. The maximum atomic E-state index is 6.45. The number of ether oxygens (including phenoxy) is 2. The molecule has 1 aromatic heterocycles. The predicted octanol–water partition coefficient (Wildman–Crippen LogP) is 3.71. The molecule has 1 fully saturated rings. The molecule has 0 saturated carbocycles. The van der Waals surface area contributed by atoms with Gasteiger partial charge in [-0.3, -0.25) is 0 Å². The fourth-order valence-electron chi connectivity index (χ4n) is 3.99. The van der Waals surface area contributed by atoms with Gasteiger partial charge < -0.3 is 30.3 Å². The molecule has 0 atom stereocenters. The highest BCUT2D eigenvalue weighted by Gasteiger charge is 2.21. The van der Waals surface area contributed by atoms with Crippen molar-refractivity contribution in [2.45, 2.75) is 6.42 Å². The van der Waals surface area contributed by atoms with Gasteiger partial charge in [0.2, 0.25) is 0 Å². The van der Waals surface area contributed by atoms with E-state index >= 15 is 0 Å². The molecular weight excluding hydrogens is 440 g/mol. The number of methoxy groups -OCH3 is 2. The number of nitrogen functional groups attached to an aromatic ring is 1. The maximum absolute atomic E-state index is 6.45. The minimum Gasteiger partial charge on any atom is -0.493 e. The topological polar surface area (TPSA) is 88.8 Å². The monoisotopic (exact) mass is 468 g/mol. The Bertz CT molecular complexity index is 1090. The summed E-state index contributed by atoms with van der Waals surface area (Å²) in [6.45, 7) is 4.05. The number of nitrogens with two attached hydrogens (primary N) is 1. The van der Waals surface area contributed by atoms with Crippen LogP contribution in [0.3, 0.4) is 0 Å². The van der Waals surface area contributed by atoms with Crippen LogP contribution >= 0.6 is 11.6 Å². The summed E-state index contributed by atoms with van der Waals surface area (Å²) < 4.78 is 10.7. The molecule has 1 aliphatic rings. The lowest BCUT2D eigenvalue weighted by molar-refractivity contribution is 0.354. The summed E-state index contributed by atoms with van der Waals surface area (Å²) in [5.41, 5.74) is 9.28. The van der Waals surface area contributed by atoms with Crippen molar-refractivity contribution in [3.63, 3.8) is 0 Å². The second-order valence-electron chi connectivity index (χ2n) is 7.78. The number of nitrogens with one attached hydrogen (secondary N) is 1. The van der Waals surface area contributed by atoms with Gasteiger partial charge in [0.1, 0.15) is 12.0 Å². The minimum atomic E-state index is 0.570. The Labute approximate surface area is 199 Å². The third kappa shape index (κ3) is 5.34. The largest absolute Gasteiger partial charge is 0.493 e. The smallest absolute Gasteiger partial charge is 0.160 e. The molecule has 3 N–H and O–H groups in total. The second-order valence-corrected chi connectivity index (χ2v) is 8.22. The molecule has 3 aromatic rings. The summed E-state index contributed by atoms with van der Waals surface area (Å²) >= 11 is 6.15. The van der Waals surface area contributed by atoms with Crippen molar-refractivity contribution in [1.82, 2.24) is 9.97 Å². The van der Waals surface area contributed by atoms with Crippen LogP contribution < -0.4 is 30.3 Å². The lowest BCUT2D eigenvalue weighted by Gasteiger charge is -2.37. The summed E-state index contributed by atoms with van der Waals surface area (Å²) in [5.74, 6) is 2.85. The van der Waals surface area contributed by atoms with Crippen LogP contribution in [0.2, 0.25) is 5.02 Å². The number of aromatic nitrogens is 2. The van der Waals surface area contributed by atoms with E-state index in [0.717, 1.165) is 60.4 Å². The van der Waals surface area contributed by atoms with Crippen LogP contribution in [0.25, 0.3) is 0 Å². The van der Waals surface area contributed by atoms with E-state index in [-0.39, 0.29) is 0 Å². The molecule has 8 nitrogen and oxygen atoms in total. The molecule has 0 radical (unpaired) electrons. The number of hydrogen-bond acceptors (Lipinski definition) is 8. The number of anilines is 4. The minimum absolute atomic E-state index is 0.570. The lowest BCUT2D eigenvalue weighted by atomic mass is 10.1. The van der Waals surface area contributed by atoms with E-state index in [1.165, 1.54) is 0 Å². The first-order chi connectivity index (χ1) is 16.1. The van der Waals surface area contributed by atoms with Crippen molar-refractivity contribution in [2.24, 2.45) is 0 Å². The van der Waals surface area contributed by atoms with E-state index in [1.807, 2.05) is 36.4 Å². The Balaban J connectivity index is 1.36. The number of nitrogens with zero attached hydrogens (tertiary/aromatic N) is 4. The van der Waals surface area contributed by atoms with E-state index in [4.69, 9.17) is 26.8 Å². The third-order valence-corrected chi connectivity index (χ3v) is 6.00. The average molecular weight is 469 g/mol. The predicted molar refractivity (Wildman–Crippen MR) is 134 cm³/mol. The maximum Gasteiger partial charge on any atom is 0.160 e. The van der Waals surface area contributed by atoms with Crippen molar-refractivity contribution < 1.29 is 9.47 Å². The normalized spacial score (nSPS) is 13.7. The Morgan fingerprint density at radius 3 is 2.45 bits per heavy atom. The van der Waals surface area contributed by atoms with Gasteiger partial charge in [-0.25, -0.2) is 9.97 Å². The third-order valence-electron chi connectivity index (χ3n) is 5.77. The first kappa shape index (κ1) is 22.8. The molecule has 2 heterocycles. The van der Waals surface area contributed by atoms with Crippen LogP contribution in [0, 0.1) is 0 Å². The van der Waals surface area contributed by atoms with Gasteiger partial charge in [-0.2, -0.15) is 0 Å². The molecule has 2 aromatic carbocycles. The van der Waals surface area contributed by atoms with Crippen LogP contribution in [0.4, 0.5) is 23.0 Å². The molecule has 0 aliphatic carbocycles. The number of hydrogen-bond donors (Lipinski definition) is 2. The summed E-state index contributed by atoms with van der Waals surface area (Å²) in [6.07, 6.45) is 2.35. The van der Waals surface area contributed by atoms with E-state index < -0.39 is 0 Å². The lowest BCUT2D eigenvalue weighted by Crippen LogP contribution is -2.47. The van der Waals surface area contributed by atoms with Gasteiger partial charge in [0.25, 0.3) is 0 Å². The molecule has 0 unspecified atom stereocenters. The van der Waals surface area contributed by atoms with E-state index in [0.29, 0.717) is 23.8 Å². The van der Waals surface area contributed by atoms with Crippen LogP contribution in [0.5, 0.6) is 11.5 Å². The van der Waals surface area contributed by atoms with Gasteiger partial charge in [-0.1, -0.05) is 23.7 Å². The van der Waals surface area contributed by atoms with Gasteiger partial charge in [0.15, 0.2) is 23.1 Å². The first-order valence-corrected chi connectivity index (χ1v) is 11.3. The first-order valence-electron chi connectivity index (χ1n) is 10.9. The van der Waals surface area contributed by atoms with E-state index in [2.05, 4.69) is 31.2 Å². The van der Waals surface area contributed by atoms with Gasteiger partial charge >= 0.3 is 0 Å². The van der Waals surface area contributed by atoms with E-state index in [1.54, 1.807) is 20.5 Å². The van der Waals surface area contributed by atoms with Crippen LogP contribution in [-0.4, -0.2) is 56.9 Å². The molecule has 174 valence electrons.